The Kier molecular flexibility index (Phi) is 2.61. The highest BCUT2D eigenvalue weighted by atomic mass is 14.9. The maximum Gasteiger partial charge on any atom is 0.139 e. The van der Waals surface area contributed by atoms with Gasteiger partial charge in [-0.25, -0.2) is 4.98 Å². The molecule has 5 N–H and O–H groups in total. The van der Waals surface area contributed by atoms with Crippen molar-refractivity contribution in [3.05, 3.63) is 71.8 Å². The molecule has 0 saturated heterocycles. The minimum absolute atomic E-state index is 0.150. The van der Waals surface area contributed by atoms with Crippen molar-refractivity contribution in [1.82, 2.24) is 9.97 Å². The van der Waals surface area contributed by atoms with Gasteiger partial charge < -0.3 is 16.5 Å². The van der Waals surface area contributed by atoms with Crippen LogP contribution in [-0.2, 0) is 0 Å². The lowest BCUT2D eigenvalue weighted by Crippen LogP contribution is -2.08. The van der Waals surface area contributed by atoms with Crippen LogP contribution in [0.1, 0.15) is 17.2 Å². The summed E-state index contributed by atoms with van der Waals surface area (Å²) < 4.78 is 0. The number of hydrogen-bond donors (Lipinski definition) is 3. The number of imidazole rings is 1. The van der Waals surface area contributed by atoms with Gasteiger partial charge in [0.1, 0.15) is 5.82 Å². The summed E-state index contributed by atoms with van der Waals surface area (Å²) in [5.74, 6) is 0.866. The van der Waals surface area contributed by atoms with Crippen LogP contribution in [0.15, 0.2) is 60.7 Å². The van der Waals surface area contributed by atoms with E-state index in [1.54, 1.807) is 0 Å². The Hall–Kier alpha value is -3.11. The van der Waals surface area contributed by atoms with Gasteiger partial charge in [-0.2, -0.15) is 0 Å². The van der Waals surface area contributed by atoms with E-state index in [1.165, 1.54) is 0 Å². The monoisotopic (exact) mass is 312 g/mol. The number of rotatable bonds is 1. The average Bonchev–Trinajstić information content (AvgIpc) is 3.15. The molecule has 1 aliphatic carbocycles. The van der Waals surface area contributed by atoms with Crippen LogP contribution in [-0.4, -0.2) is 9.97 Å². The molecule has 3 aromatic carbocycles. The first-order valence-electron chi connectivity index (χ1n) is 7.96. The van der Waals surface area contributed by atoms with Gasteiger partial charge in [-0.3, -0.25) is 0 Å². The first kappa shape index (κ1) is 13.3. The molecule has 0 saturated carbocycles. The molecule has 0 amide bonds. The van der Waals surface area contributed by atoms with E-state index in [2.05, 4.69) is 23.2 Å². The van der Waals surface area contributed by atoms with Crippen molar-refractivity contribution in [3.8, 4) is 22.5 Å². The number of anilines is 1. The molecule has 1 unspecified atom stereocenters. The van der Waals surface area contributed by atoms with Crippen LogP contribution in [0.4, 0.5) is 5.69 Å². The van der Waals surface area contributed by atoms with Crippen LogP contribution < -0.4 is 11.5 Å². The zero-order valence-electron chi connectivity index (χ0n) is 13.0. The summed E-state index contributed by atoms with van der Waals surface area (Å²) in [5, 5.41) is 0. The Bertz CT molecular complexity index is 1060. The summed E-state index contributed by atoms with van der Waals surface area (Å²) in [6, 6.07) is 20.1. The second kappa shape index (κ2) is 4.69. The maximum absolute atomic E-state index is 6.46. The number of benzene rings is 3. The first-order valence-corrected chi connectivity index (χ1v) is 7.96. The molecule has 1 atom stereocenters. The zero-order valence-corrected chi connectivity index (χ0v) is 13.0. The molecule has 1 aromatic heterocycles. The summed E-state index contributed by atoms with van der Waals surface area (Å²) in [7, 11) is 0. The van der Waals surface area contributed by atoms with E-state index in [1.807, 2.05) is 42.5 Å². The summed E-state index contributed by atoms with van der Waals surface area (Å²) in [4.78, 5) is 8.18. The van der Waals surface area contributed by atoms with E-state index >= 15 is 0 Å². The first-order chi connectivity index (χ1) is 11.7. The lowest BCUT2D eigenvalue weighted by molar-refractivity contribution is 0.901. The van der Waals surface area contributed by atoms with Crippen molar-refractivity contribution < 1.29 is 0 Å². The second-order valence-electron chi connectivity index (χ2n) is 6.20. The average molecular weight is 312 g/mol. The van der Waals surface area contributed by atoms with E-state index in [4.69, 9.17) is 16.5 Å². The summed E-state index contributed by atoms with van der Waals surface area (Å²) in [6.45, 7) is 0. The Morgan fingerprint density at radius 1 is 0.875 bits per heavy atom. The molecule has 0 radical (unpaired) electrons. The Balaban J connectivity index is 1.80. The molecule has 5 rings (SSSR count). The molecule has 116 valence electrons. The van der Waals surface area contributed by atoms with Gasteiger partial charge >= 0.3 is 0 Å². The van der Waals surface area contributed by atoms with Gasteiger partial charge in [0.2, 0.25) is 0 Å². The predicted molar refractivity (Wildman–Crippen MR) is 97.4 cm³/mol. The smallest absolute Gasteiger partial charge is 0.139 e. The van der Waals surface area contributed by atoms with Gasteiger partial charge in [-0.1, -0.05) is 36.4 Å². The molecule has 4 heteroatoms. The van der Waals surface area contributed by atoms with Crippen LogP contribution in [0.2, 0.25) is 0 Å². The second-order valence-corrected chi connectivity index (χ2v) is 6.20. The fraction of sp³-hybridized carbons (Fsp3) is 0.0500. The Labute approximate surface area is 139 Å². The summed E-state index contributed by atoms with van der Waals surface area (Å²) in [5.41, 5.74) is 20.7. The van der Waals surface area contributed by atoms with Crippen LogP contribution >= 0.6 is 0 Å². The summed E-state index contributed by atoms with van der Waals surface area (Å²) >= 11 is 0. The number of fused-ring (bicyclic) bond motifs is 4. The Morgan fingerprint density at radius 2 is 1.75 bits per heavy atom. The topological polar surface area (TPSA) is 80.7 Å². The van der Waals surface area contributed by atoms with Crippen molar-refractivity contribution in [2.45, 2.75) is 6.04 Å². The molecule has 0 bridgehead atoms. The highest BCUT2D eigenvalue weighted by Gasteiger charge is 2.29. The number of H-pyrrole nitrogens is 1. The van der Waals surface area contributed by atoms with Crippen molar-refractivity contribution in [1.29, 1.82) is 0 Å². The van der Waals surface area contributed by atoms with E-state index in [0.717, 1.165) is 50.4 Å². The molecular weight excluding hydrogens is 296 g/mol. The molecule has 4 nitrogen and oxygen atoms in total. The van der Waals surface area contributed by atoms with Crippen LogP contribution in [0, 0.1) is 0 Å². The third kappa shape index (κ3) is 1.74. The molecule has 0 spiro atoms. The largest absolute Gasteiger partial charge is 0.399 e. The number of hydrogen-bond acceptors (Lipinski definition) is 3. The SMILES string of the molecule is Nc1ccc2c(c1)C(N)c1cccc(-c3nc4ccccc4[nH]3)c1-2. The van der Waals surface area contributed by atoms with Gasteiger partial charge in [0.05, 0.1) is 17.1 Å². The molecule has 0 fully saturated rings. The van der Waals surface area contributed by atoms with Gasteiger partial charge in [-0.15, -0.1) is 0 Å². The van der Waals surface area contributed by atoms with Crippen molar-refractivity contribution >= 4 is 16.7 Å². The molecule has 4 aromatic rings. The quantitative estimate of drug-likeness (QED) is 0.467. The predicted octanol–water partition coefficient (Wildman–Crippen LogP) is 3.84. The van der Waals surface area contributed by atoms with Crippen molar-refractivity contribution in [2.75, 3.05) is 5.73 Å². The number of nitrogen functional groups attached to an aromatic ring is 1. The highest BCUT2D eigenvalue weighted by Crippen LogP contribution is 2.47. The molecule has 1 heterocycles. The minimum atomic E-state index is -0.150. The van der Waals surface area contributed by atoms with Crippen molar-refractivity contribution in [3.63, 3.8) is 0 Å². The maximum atomic E-state index is 6.46. The fourth-order valence-corrected chi connectivity index (χ4v) is 3.64. The number of aromatic amines is 1. The molecule has 24 heavy (non-hydrogen) atoms. The lowest BCUT2D eigenvalue weighted by Gasteiger charge is -2.08. The van der Waals surface area contributed by atoms with Gasteiger partial charge in [0, 0.05) is 11.3 Å². The number of para-hydroxylation sites is 2. The minimum Gasteiger partial charge on any atom is -0.399 e. The third-order valence-corrected chi connectivity index (χ3v) is 4.76. The lowest BCUT2D eigenvalue weighted by atomic mass is 9.99. The van der Waals surface area contributed by atoms with Gasteiger partial charge in [0.15, 0.2) is 0 Å². The van der Waals surface area contributed by atoms with Gasteiger partial charge in [-0.05, 0) is 46.5 Å². The van der Waals surface area contributed by atoms with Crippen LogP contribution in [0.5, 0.6) is 0 Å². The normalized spacial score (nSPS) is 15.5. The van der Waals surface area contributed by atoms with E-state index in [0.29, 0.717) is 0 Å². The van der Waals surface area contributed by atoms with E-state index < -0.39 is 0 Å². The number of aromatic nitrogens is 2. The van der Waals surface area contributed by atoms with Crippen LogP contribution in [0.3, 0.4) is 0 Å². The third-order valence-electron chi connectivity index (χ3n) is 4.76. The van der Waals surface area contributed by atoms with Gasteiger partial charge in [0.25, 0.3) is 0 Å². The summed E-state index contributed by atoms with van der Waals surface area (Å²) in [6.07, 6.45) is 0. The number of nitrogens with zero attached hydrogens (tertiary/aromatic N) is 1. The molecular formula is C20H16N4. The number of nitrogens with two attached hydrogens (primary N) is 2. The van der Waals surface area contributed by atoms with Crippen LogP contribution in [0.25, 0.3) is 33.5 Å². The molecule has 1 aliphatic rings. The fourth-order valence-electron chi connectivity index (χ4n) is 3.64. The molecule has 0 aliphatic heterocycles. The van der Waals surface area contributed by atoms with Crippen molar-refractivity contribution in [2.24, 2.45) is 5.73 Å². The number of nitrogens with one attached hydrogen (secondary N) is 1. The highest BCUT2D eigenvalue weighted by molar-refractivity contribution is 5.92. The zero-order chi connectivity index (χ0) is 16.3. The Morgan fingerprint density at radius 3 is 2.62 bits per heavy atom. The van der Waals surface area contributed by atoms with E-state index in [-0.39, 0.29) is 6.04 Å². The van der Waals surface area contributed by atoms with E-state index in [9.17, 15) is 0 Å². The standard InChI is InChI=1S/C20H16N4/c21-11-8-9-12-15(10-11)19(22)13-4-3-5-14(18(12)13)20-23-16-6-1-2-7-17(16)24-20/h1-10,19H,21-22H2,(H,23,24).